The molecule has 0 aromatic heterocycles. The molecule has 1 fully saturated rings. The first-order valence-electron chi connectivity index (χ1n) is 6.27. The Hall–Kier alpha value is -1.46. The van der Waals surface area contributed by atoms with Crippen molar-refractivity contribution in [1.29, 1.82) is 5.26 Å². The number of nitriles is 1. The van der Waals surface area contributed by atoms with Crippen LogP contribution in [0.15, 0.2) is 29.2 Å². The van der Waals surface area contributed by atoms with Crippen molar-refractivity contribution >= 4 is 10.0 Å². The Bertz CT molecular complexity index is 571. The Labute approximate surface area is 118 Å². The highest BCUT2D eigenvalue weighted by Crippen LogP contribution is 2.11. The highest BCUT2D eigenvalue weighted by Gasteiger charge is 2.19. The number of ether oxygens (including phenoxy) is 2. The summed E-state index contributed by atoms with van der Waals surface area (Å²) in [5, 5.41) is 8.57. The Morgan fingerprint density at radius 2 is 2.05 bits per heavy atom. The van der Waals surface area contributed by atoms with Crippen LogP contribution in [0, 0.1) is 11.3 Å². The van der Waals surface area contributed by atoms with Gasteiger partial charge >= 0.3 is 0 Å². The van der Waals surface area contributed by atoms with Crippen LogP contribution in [0.1, 0.15) is 5.56 Å². The molecule has 1 N–H and O–H groups in total. The van der Waals surface area contributed by atoms with E-state index in [1.54, 1.807) is 12.1 Å². The summed E-state index contributed by atoms with van der Waals surface area (Å²) in [5.41, 5.74) is 0.787. The Kier molecular flexibility index (Phi) is 5.09. The average Bonchev–Trinajstić information content (AvgIpc) is 2.47. The second kappa shape index (κ2) is 6.81. The van der Waals surface area contributed by atoms with Crippen LogP contribution in [0.5, 0.6) is 0 Å². The van der Waals surface area contributed by atoms with Gasteiger partial charge < -0.3 is 9.47 Å². The zero-order valence-corrected chi connectivity index (χ0v) is 11.7. The van der Waals surface area contributed by atoms with E-state index in [0.717, 1.165) is 5.56 Å². The standard InChI is InChI=1S/C13H16N2O4S/c14-6-5-11-1-3-13(4-2-11)20(16,17)15-9-12-10-18-7-8-19-12/h1-4,12,15H,5,7-10H2. The third-order valence-corrected chi connectivity index (χ3v) is 4.34. The van der Waals surface area contributed by atoms with Crippen molar-refractivity contribution in [1.82, 2.24) is 4.72 Å². The van der Waals surface area contributed by atoms with E-state index in [-0.39, 0.29) is 24.0 Å². The predicted octanol–water partition coefficient (Wildman–Crippen LogP) is 0.446. The van der Waals surface area contributed by atoms with Gasteiger partial charge in [-0.2, -0.15) is 5.26 Å². The summed E-state index contributed by atoms with van der Waals surface area (Å²) in [6.07, 6.45) is 0.0115. The number of nitrogens with zero attached hydrogens (tertiary/aromatic N) is 1. The number of benzene rings is 1. The third-order valence-electron chi connectivity index (χ3n) is 2.90. The van der Waals surface area contributed by atoms with Crippen LogP contribution in [0.25, 0.3) is 0 Å². The van der Waals surface area contributed by atoms with Gasteiger partial charge in [0.25, 0.3) is 0 Å². The molecule has 1 atom stereocenters. The van der Waals surface area contributed by atoms with E-state index in [1.165, 1.54) is 12.1 Å². The van der Waals surface area contributed by atoms with Crippen LogP contribution < -0.4 is 4.72 Å². The molecule has 7 heteroatoms. The van der Waals surface area contributed by atoms with Crippen LogP contribution in [0.3, 0.4) is 0 Å². The molecule has 0 amide bonds. The summed E-state index contributed by atoms with van der Waals surface area (Å²) < 4.78 is 37.2. The van der Waals surface area contributed by atoms with Crippen LogP contribution in [0.4, 0.5) is 0 Å². The van der Waals surface area contributed by atoms with Crippen molar-refractivity contribution in [2.24, 2.45) is 0 Å². The van der Waals surface area contributed by atoms with Crippen molar-refractivity contribution < 1.29 is 17.9 Å². The minimum absolute atomic E-state index is 0.177. The van der Waals surface area contributed by atoms with Gasteiger partial charge in [0.2, 0.25) is 10.0 Å². The number of sulfonamides is 1. The van der Waals surface area contributed by atoms with E-state index in [9.17, 15) is 8.42 Å². The first-order chi connectivity index (χ1) is 9.62. The van der Waals surface area contributed by atoms with Crippen LogP contribution in [-0.4, -0.2) is 40.9 Å². The molecule has 1 saturated heterocycles. The molecule has 1 aromatic rings. The third kappa shape index (κ3) is 4.02. The summed E-state index contributed by atoms with van der Waals surface area (Å²) in [6.45, 7) is 1.60. The fourth-order valence-corrected chi connectivity index (χ4v) is 2.88. The lowest BCUT2D eigenvalue weighted by Crippen LogP contribution is -2.39. The summed E-state index contributed by atoms with van der Waals surface area (Å²) in [6, 6.07) is 8.28. The second-order valence-electron chi connectivity index (χ2n) is 4.40. The SMILES string of the molecule is N#CCc1ccc(S(=O)(=O)NCC2COCCO2)cc1. The first-order valence-corrected chi connectivity index (χ1v) is 7.75. The fraction of sp³-hybridized carbons (Fsp3) is 0.462. The molecule has 2 rings (SSSR count). The molecule has 20 heavy (non-hydrogen) atoms. The quantitative estimate of drug-likeness (QED) is 0.852. The Balaban J connectivity index is 1.96. The first kappa shape index (κ1) is 14.9. The number of nitrogens with one attached hydrogen (secondary N) is 1. The molecule has 0 radical (unpaired) electrons. The average molecular weight is 296 g/mol. The number of hydrogen-bond acceptors (Lipinski definition) is 5. The van der Waals surface area contributed by atoms with E-state index in [2.05, 4.69) is 4.72 Å². The van der Waals surface area contributed by atoms with Gasteiger partial charge in [0.1, 0.15) is 0 Å². The van der Waals surface area contributed by atoms with Crippen molar-refractivity contribution in [3.63, 3.8) is 0 Å². The van der Waals surface area contributed by atoms with Crippen LogP contribution in [0.2, 0.25) is 0 Å². The molecule has 1 aromatic carbocycles. The maximum atomic E-state index is 12.1. The minimum Gasteiger partial charge on any atom is -0.376 e. The van der Waals surface area contributed by atoms with Gasteiger partial charge in [-0.15, -0.1) is 0 Å². The number of hydrogen-bond donors (Lipinski definition) is 1. The Morgan fingerprint density at radius 3 is 2.65 bits per heavy atom. The summed E-state index contributed by atoms with van der Waals surface area (Å²) in [5.74, 6) is 0. The lowest BCUT2D eigenvalue weighted by molar-refractivity contribution is -0.0846. The van der Waals surface area contributed by atoms with E-state index in [4.69, 9.17) is 14.7 Å². The topological polar surface area (TPSA) is 88.4 Å². The molecule has 0 saturated carbocycles. The van der Waals surface area contributed by atoms with Gasteiger partial charge in [-0.05, 0) is 17.7 Å². The maximum absolute atomic E-state index is 12.1. The lowest BCUT2D eigenvalue weighted by atomic mass is 10.2. The minimum atomic E-state index is -3.56. The van der Waals surface area contributed by atoms with Crippen LogP contribution >= 0.6 is 0 Å². The summed E-state index contributed by atoms with van der Waals surface area (Å²) in [7, 11) is -3.56. The monoisotopic (exact) mass is 296 g/mol. The molecule has 6 nitrogen and oxygen atoms in total. The molecule has 1 unspecified atom stereocenters. The number of rotatable bonds is 5. The van der Waals surface area contributed by atoms with Crippen LogP contribution in [-0.2, 0) is 25.9 Å². The lowest BCUT2D eigenvalue weighted by Gasteiger charge is -2.23. The zero-order chi connectivity index (χ0) is 14.4. The van der Waals surface area contributed by atoms with Gasteiger partial charge in [0.05, 0.1) is 43.3 Å². The van der Waals surface area contributed by atoms with Crippen molar-refractivity contribution in [3.05, 3.63) is 29.8 Å². The molecule has 0 spiro atoms. The summed E-state index contributed by atoms with van der Waals surface area (Å²) in [4.78, 5) is 0.177. The molecule has 1 heterocycles. The molecule has 108 valence electrons. The van der Waals surface area contributed by atoms with E-state index < -0.39 is 10.0 Å². The van der Waals surface area contributed by atoms with E-state index in [1.807, 2.05) is 6.07 Å². The fourth-order valence-electron chi connectivity index (χ4n) is 1.82. The zero-order valence-electron chi connectivity index (χ0n) is 10.9. The highest BCUT2D eigenvalue weighted by atomic mass is 32.2. The van der Waals surface area contributed by atoms with Crippen molar-refractivity contribution in [3.8, 4) is 6.07 Å². The maximum Gasteiger partial charge on any atom is 0.240 e. The Morgan fingerprint density at radius 1 is 1.30 bits per heavy atom. The predicted molar refractivity (Wildman–Crippen MR) is 71.5 cm³/mol. The van der Waals surface area contributed by atoms with Gasteiger partial charge in [0, 0.05) is 6.54 Å². The molecular weight excluding hydrogens is 280 g/mol. The molecular formula is C13H16N2O4S. The van der Waals surface area contributed by atoms with Gasteiger partial charge in [-0.3, -0.25) is 0 Å². The molecule has 0 bridgehead atoms. The summed E-state index contributed by atoms with van der Waals surface area (Å²) >= 11 is 0. The smallest absolute Gasteiger partial charge is 0.240 e. The van der Waals surface area contributed by atoms with Gasteiger partial charge in [-0.25, -0.2) is 13.1 Å². The normalized spacial score (nSPS) is 19.4. The molecule has 1 aliphatic heterocycles. The van der Waals surface area contributed by atoms with Gasteiger partial charge in [-0.1, -0.05) is 12.1 Å². The largest absolute Gasteiger partial charge is 0.376 e. The van der Waals surface area contributed by atoms with E-state index >= 15 is 0 Å². The van der Waals surface area contributed by atoms with E-state index in [0.29, 0.717) is 19.8 Å². The highest BCUT2D eigenvalue weighted by molar-refractivity contribution is 7.89. The molecule has 0 aliphatic carbocycles. The second-order valence-corrected chi connectivity index (χ2v) is 6.17. The van der Waals surface area contributed by atoms with Crippen molar-refractivity contribution in [2.45, 2.75) is 17.4 Å². The van der Waals surface area contributed by atoms with Crippen molar-refractivity contribution in [2.75, 3.05) is 26.4 Å². The molecule has 1 aliphatic rings. The van der Waals surface area contributed by atoms with Gasteiger partial charge in [0.15, 0.2) is 0 Å².